The molecule has 19 heavy (non-hydrogen) atoms. The summed E-state index contributed by atoms with van der Waals surface area (Å²) in [5.74, 6) is 0.545. The van der Waals surface area contributed by atoms with E-state index in [0.717, 1.165) is 24.1 Å². The van der Waals surface area contributed by atoms with Gasteiger partial charge in [0.05, 0.1) is 6.61 Å². The van der Waals surface area contributed by atoms with Crippen LogP contribution in [0.3, 0.4) is 0 Å². The molecule has 1 aromatic carbocycles. The Balaban J connectivity index is 2.10. The molecule has 0 aliphatic carbocycles. The van der Waals surface area contributed by atoms with Gasteiger partial charge >= 0.3 is 0 Å². The molecule has 1 aromatic rings. The summed E-state index contributed by atoms with van der Waals surface area (Å²) in [5, 5.41) is 2.84. The second-order valence-corrected chi connectivity index (χ2v) is 5.03. The Bertz CT molecular complexity index is 391. The molecule has 1 rings (SSSR count). The third-order valence-corrected chi connectivity index (χ3v) is 2.85. The first-order valence-electron chi connectivity index (χ1n) is 6.77. The van der Waals surface area contributed by atoms with Crippen molar-refractivity contribution in [1.29, 1.82) is 0 Å². The summed E-state index contributed by atoms with van der Waals surface area (Å²) in [5.41, 5.74) is 7.65. The smallest absolute Gasteiger partial charge is 0.245 e. The Hall–Kier alpha value is -1.55. The van der Waals surface area contributed by atoms with Crippen molar-refractivity contribution >= 4 is 11.6 Å². The van der Waals surface area contributed by atoms with Gasteiger partial charge in [-0.15, -0.1) is 0 Å². The average molecular weight is 264 g/mol. The van der Waals surface area contributed by atoms with Crippen LogP contribution in [0.15, 0.2) is 24.3 Å². The molecule has 0 fully saturated rings. The van der Waals surface area contributed by atoms with E-state index in [2.05, 4.69) is 19.2 Å². The molecule has 0 aromatic heterocycles. The highest BCUT2D eigenvalue weighted by atomic mass is 16.5. The lowest BCUT2D eigenvalue weighted by Gasteiger charge is -2.08. The number of anilines is 1. The van der Waals surface area contributed by atoms with Crippen LogP contribution < -0.4 is 11.1 Å². The third kappa shape index (κ3) is 6.82. The van der Waals surface area contributed by atoms with Gasteiger partial charge in [0.25, 0.3) is 0 Å². The summed E-state index contributed by atoms with van der Waals surface area (Å²) in [6.07, 6.45) is 1.72. The topological polar surface area (TPSA) is 64.3 Å². The highest BCUT2D eigenvalue weighted by Crippen LogP contribution is 2.10. The molecule has 1 amide bonds. The first kappa shape index (κ1) is 15.5. The van der Waals surface area contributed by atoms with Gasteiger partial charge in [-0.3, -0.25) is 4.79 Å². The monoisotopic (exact) mass is 264 g/mol. The molecule has 0 aliphatic heterocycles. The molecule has 0 spiro atoms. The number of ether oxygens (including phenoxy) is 1. The molecule has 0 radical (unpaired) electrons. The number of benzene rings is 1. The van der Waals surface area contributed by atoms with Crippen molar-refractivity contribution in [3.8, 4) is 0 Å². The number of para-hydroxylation sites is 1. The molecular weight excluding hydrogens is 240 g/mol. The van der Waals surface area contributed by atoms with Gasteiger partial charge in [-0.25, -0.2) is 0 Å². The van der Waals surface area contributed by atoms with Gasteiger partial charge < -0.3 is 15.8 Å². The van der Waals surface area contributed by atoms with Crippen LogP contribution in [-0.4, -0.2) is 25.7 Å². The zero-order chi connectivity index (χ0) is 14.1. The first-order chi connectivity index (χ1) is 9.09. The SMILES string of the molecule is CC(C)CCNC(=O)COCCc1ccccc1N. The average Bonchev–Trinajstić information content (AvgIpc) is 2.36. The van der Waals surface area contributed by atoms with Gasteiger partial charge in [-0.1, -0.05) is 32.0 Å². The van der Waals surface area contributed by atoms with Crippen LogP contribution >= 0.6 is 0 Å². The number of carbonyl (C=O) groups excluding carboxylic acids is 1. The lowest BCUT2D eigenvalue weighted by molar-refractivity contribution is -0.125. The van der Waals surface area contributed by atoms with Crippen LogP contribution in [0.5, 0.6) is 0 Å². The summed E-state index contributed by atoms with van der Waals surface area (Å²) < 4.78 is 5.34. The number of nitrogens with one attached hydrogen (secondary N) is 1. The highest BCUT2D eigenvalue weighted by Gasteiger charge is 2.02. The van der Waals surface area contributed by atoms with E-state index >= 15 is 0 Å². The number of nitrogens with two attached hydrogens (primary N) is 1. The largest absolute Gasteiger partial charge is 0.399 e. The molecule has 4 nitrogen and oxygen atoms in total. The van der Waals surface area contributed by atoms with E-state index in [-0.39, 0.29) is 12.5 Å². The van der Waals surface area contributed by atoms with Gasteiger partial charge in [-0.2, -0.15) is 0 Å². The fourth-order valence-electron chi connectivity index (χ4n) is 1.66. The number of carbonyl (C=O) groups is 1. The van der Waals surface area contributed by atoms with Crippen molar-refractivity contribution in [2.75, 3.05) is 25.5 Å². The first-order valence-corrected chi connectivity index (χ1v) is 6.77. The molecule has 3 N–H and O–H groups in total. The summed E-state index contributed by atoms with van der Waals surface area (Å²) in [7, 11) is 0. The molecule has 0 saturated carbocycles. The van der Waals surface area contributed by atoms with Crippen molar-refractivity contribution in [2.24, 2.45) is 5.92 Å². The minimum absolute atomic E-state index is 0.0540. The molecule has 0 unspecified atom stereocenters. The minimum atomic E-state index is -0.0540. The Kier molecular flexibility index (Phi) is 6.97. The third-order valence-electron chi connectivity index (χ3n) is 2.85. The molecule has 0 aliphatic rings. The quantitative estimate of drug-likeness (QED) is 0.557. The van der Waals surface area contributed by atoms with Crippen LogP contribution in [0.25, 0.3) is 0 Å². The van der Waals surface area contributed by atoms with Gasteiger partial charge in [0.15, 0.2) is 0 Å². The fraction of sp³-hybridized carbons (Fsp3) is 0.533. The fourth-order valence-corrected chi connectivity index (χ4v) is 1.66. The maximum atomic E-state index is 11.4. The summed E-state index contributed by atoms with van der Waals surface area (Å²) in [6.45, 7) is 5.60. The molecular formula is C15H24N2O2. The number of rotatable bonds is 8. The zero-order valence-corrected chi connectivity index (χ0v) is 11.8. The lowest BCUT2D eigenvalue weighted by Crippen LogP contribution is -2.29. The number of hydrogen-bond acceptors (Lipinski definition) is 3. The lowest BCUT2D eigenvalue weighted by atomic mass is 10.1. The van der Waals surface area contributed by atoms with Crippen LogP contribution in [-0.2, 0) is 16.0 Å². The predicted octanol–water partition coefficient (Wildman–Crippen LogP) is 1.99. The van der Waals surface area contributed by atoms with Crippen LogP contribution in [0, 0.1) is 5.92 Å². The van der Waals surface area contributed by atoms with E-state index in [0.29, 0.717) is 19.1 Å². The van der Waals surface area contributed by atoms with Crippen LogP contribution in [0.1, 0.15) is 25.8 Å². The maximum absolute atomic E-state index is 11.4. The Morgan fingerprint density at radius 1 is 1.37 bits per heavy atom. The summed E-state index contributed by atoms with van der Waals surface area (Å²) in [4.78, 5) is 11.4. The standard InChI is InChI=1S/C15H24N2O2/c1-12(2)7-9-17-15(18)11-19-10-8-13-5-3-4-6-14(13)16/h3-6,12H,7-11,16H2,1-2H3,(H,17,18). The van der Waals surface area contributed by atoms with Gasteiger partial charge in [0.2, 0.25) is 5.91 Å². The van der Waals surface area contributed by atoms with Gasteiger partial charge in [0.1, 0.15) is 6.61 Å². The van der Waals surface area contributed by atoms with E-state index in [4.69, 9.17) is 10.5 Å². The van der Waals surface area contributed by atoms with E-state index < -0.39 is 0 Å². The minimum Gasteiger partial charge on any atom is -0.399 e. The van der Waals surface area contributed by atoms with Crippen molar-refractivity contribution in [3.05, 3.63) is 29.8 Å². The van der Waals surface area contributed by atoms with Crippen molar-refractivity contribution in [3.63, 3.8) is 0 Å². The maximum Gasteiger partial charge on any atom is 0.245 e. The van der Waals surface area contributed by atoms with Crippen molar-refractivity contribution < 1.29 is 9.53 Å². The van der Waals surface area contributed by atoms with Gasteiger partial charge in [0, 0.05) is 12.2 Å². The number of hydrogen-bond donors (Lipinski definition) is 2. The molecule has 0 heterocycles. The van der Waals surface area contributed by atoms with E-state index in [9.17, 15) is 4.79 Å². The van der Waals surface area contributed by atoms with E-state index in [1.165, 1.54) is 0 Å². The molecule has 0 atom stereocenters. The second-order valence-electron chi connectivity index (χ2n) is 5.03. The molecule has 4 heteroatoms. The summed E-state index contributed by atoms with van der Waals surface area (Å²) in [6, 6.07) is 7.70. The Labute approximate surface area is 115 Å². The van der Waals surface area contributed by atoms with E-state index in [1.807, 2.05) is 24.3 Å². The highest BCUT2D eigenvalue weighted by molar-refractivity contribution is 5.77. The van der Waals surface area contributed by atoms with Crippen LogP contribution in [0.2, 0.25) is 0 Å². The molecule has 0 bridgehead atoms. The van der Waals surface area contributed by atoms with Crippen molar-refractivity contribution in [1.82, 2.24) is 5.32 Å². The predicted molar refractivity (Wildman–Crippen MR) is 77.8 cm³/mol. The normalized spacial score (nSPS) is 10.7. The number of amides is 1. The molecule has 0 saturated heterocycles. The van der Waals surface area contributed by atoms with Crippen LogP contribution in [0.4, 0.5) is 5.69 Å². The Morgan fingerprint density at radius 2 is 2.11 bits per heavy atom. The summed E-state index contributed by atoms with van der Waals surface area (Å²) >= 11 is 0. The Morgan fingerprint density at radius 3 is 2.79 bits per heavy atom. The second kappa shape index (κ2) is 8.53. The van der Waals surface area contributed by atoms with Gasteiger partial charge in [-0.05, 0) is 30.4 Å². The number of nitrogen functional groups attached to an aromatic ring is 1. The van der Waals surface area contributed by atoms with E-state index in [1.54, 1.807) is 0 Å². The van der Waals surface area contributed by atoms with Crippen molar-refractivity contribution in [2.45, 2.75) is 26.7 Å². The molecule has 106 valence electrons. The zero-order valence-electron chi connectivity index (χ0n) is 11.8.